The molecule has 2 N–H and O–H groups in total. The number of anilines is 1. The van der Waals surface area contributed by atoms with Crippen LogP contribution >= 0.6 is 23.8 Å². The first-order valence-corrected chi connectivity index (χ1v) is 7.32. The van der Waals surface area contributed by atoms with Crippen molar-refractivity contribution in [3.05, 3.63) is 28.8 Å². The van der Waals surface area contributed by atoms with E-state index < -0.39 is 0 Å². The molecule has 19 heavy (non-hydrogen) atoms. The van der Waals surface area contributed by atoms with Gasteiger partial charge in [-0.2, -0.15) is 0 Å². The topological polar surface area (TPSA) is 32.5 Å². The monoisotopic (exact) mass is 297 g/mol. The van der Waals surface area contributed by atoms with E-state index in [0.717, 1.165) is 42.3 Å². The Bertz CT molecular complexity index is 478. The van der Waals surface area contributed by atoms with Gasteiger partial charge in [0, 0.05) is 35.4 Å². The summed E-state index contributed by atoms with van der Waals surface area (Å²) < 4.78 is 0. The van der Waals surface area contributed by atoms with Crippen LogP contribution in [0.3, 0.4) is 0 Å². The fraction of sp³-hybridized carbons (Fsp3) is 0.500. The van der Waals surface area contributed by atoms with Gasteiger partial charge >= 0.3 is 0 Å². The predicted octanol–water partition coefficient (Wildman–Crippen LogP) is 2.50. The lowest BCUT2D eigenvalue weighted by molar-refractivity contribution is 0.337. The highest BCUT2D eigenvalue weighted by molar-refractivity contribution is 7.80. The molecule has 0 saturated carbocycles. The number of halogens is 1. The van der Waals surface area contributed by atoms with Crippen molar-refractivity contribution in [3.8, 4) is 0 Å². The van der Waals surface area contributed by atoms with Crippen LogP contribution in [0.25, 0.3) is 0 Å². The van der Waals surface area contributed by atoms with Crippen LogP contribution in [0.1, 0.15) is 18.9 Å². The first-order chi connectivity index (χ1) is 8.99. The summed E-state index contributed by atoms with van der Waals surface area (Å²) in [5.74, 6) is 0. The zero-order chi connectivity index (χ0) is 14.0. The third-order valence-electron chi connectivity index (χ3n) is 3.58. The average Bonchev–Trinajstić information content (AvgIpc) is 2.49. The molecule has 2 rings (SSSR count). The van der Waals surface area contributed by atoms with Gasteiger partial charge in [0.15, 0.2) is 0 Å². The van der Waals surface area contributed by atoms with Crippen molar-refractivity contribution in [2.75, 3.05) is 31.6 Å². The van der Waals surface area contributed by atoms with Gasteiger partial charge in [-0.25, -0.2) is 0 Å². The minimum Gasteiger partial charge on any atom is -0.389 e. The van der Waals surface area contributed by atoms with E-state index in [-0.39, 0.29) is 0 Å². The largest absolute Gasteiger partial charge is 0.389 e. The molecule has 3 nitrogen and oxygen atoms in total. The second kappa shape index (κ2) is 6.07. The van der Waals surface area contributed by atoms with E-state index in [1.165, 1.54) is 0 Å². The van der Waals surface area contributed by atoms with Gasteiger partial charge in [-0.15, -0.1) is 0 Å². The van der Waals surface area contributed by atoms with Crippen molar-refractivity contribution in [2.45, 2.75) is 19.4 Å². The summed E-state index contributed by atoms with van der Waals surface area (Å²) in [6, 6.07) is 6.15. The fourth-order valence-electron chi connectivity index (χ4n) is 2.68. The van der Waals surface area contributed by atoms with Crippen LogP contribution in [0.15, 0.2) is 18.2 Å². The minimum atomic E-state index is 0.416. The van der Waals surface area contributed by atoms with Gasteiger partial charge < -0.3 is 15.5 Å². The lowest BCUT2D eigenvalue weighted by Gasteiger charge is -2.31. The van der Waals surface area contributed by atoms with Gasteiger partial charge in [0.2, 0.25) is 0 Å². The van der Waals surface area contributed by atoms with E-state index in [1.54, 1.807) is 0 Å². The van der Waals surface area contributed by atoms with Crippen LogP contribution in [-0.2, 0) is 0 Å². The maximum Gasteiger partial charge on any atom is 0.106 e. The van der Waals surface area contributed by atoms with Gasteiger partial charge in [-0.3, -0.25) is 0 Å². The van der Waals surface area contributed by atoms with Crippen molar-refractivity contribution in [1.29, 1.82) is 0 Å². The van der Waals surface area contributed by atoms with Gasteiger partial charge in [0.25, 0.3) is 0 Å². The lowest BCUT2D eigenvalue weighted by atomic mass is 10.1. The van der Waals surface area contributed by atoms with E-state index in [0.29, 0.717) is 11.0 Å². The van der Waals surface area contributed by atoms with Crippen LogP contribution in [0.5, 0.6) is 0 Å². The molecule has 0 aliphatic carbocycles. The molecule has 1 atom stereocenters. The Morgan fingerprint density at radius 1 is 1.42 bits per heavy atom. The van der Waals surface area contributed by atoms with Gasteiger partial charge in [0.05, 0.1) is 0 Å². The molecule has 1 fully saturated rings. The molecule has 0 spiro atoms. The van der Waals surface area contributed by atoms with E-state index >= 15 is 0 Å². The number of hydrogen-bond acceptors (Lipinski definition) is 3. The quantitative estimate of drug-likeness (QED) is 0.850. The average molecular weight is 298 g/mol. The molecule has 0 aromatic heterocycles. The van der Waals surface area contributed by atoms with E-state index in [2.05, 4.69) is 23.8 Å². The Kier molecular flexibility index (Phi) is 4.66. The first-order valence-electron chi connectivity index (χ1n) is 6.53. The SMILES string of the molecule is CC1CN(C)CCCN1c1cc(Cl)ccc1C(N)=S. The zero-order valence-electron chi connectivity index (χ0n) is 11.4. The number of hydrogen-bond donors (Lipinski definition) is 1. The fourth-order valence-corrected chi connectivity index (χ4v) is 3.02. The van der Waals surface area contributed by atoms with Crippen molar-refractivity contribution in [3.63, 3.8) is 0 Å². The van der Waals surface area contributed by atoms with Gasteiger partial charge in [-0.1, -0.05) is 23.8 Å². The summed E-state index contributed by atoms with van der Waals surface area (Å²) >= 11 is 11.3. The van der Waals surface area contributed by atoms with Crippen LogP contribution in [0, 0.1) is 0 Å². The highest BCUT2D eigenvalue weighted by Crippen LogP contribution is 2.28. The number of rotatable bonds is 2. The second-order valence-corrected chi connectivity index (χ2v) is 6.06. The molecule has 1 aromatic rings. The highest BCUT2D eigenvalue weighted by atomic mass is 35.5. The maximum absolute atomic E-state index is 6.14. The maximum atomic E-state index is 6.14. The molecular formula is C14H20ClN3S. The standard InChI is InChI=1S/C14H20ClN3S/c1-10-9-17(2)6-3-7-18(10)13-8-11(15)4-5-12(13)14(16)19/h4-5,8,10H,3,6-7,9H2,1-2H3,(H2,16,19). The first kappa shape index (κ1) is 14.6. The lowest BCUT2D eigenvalue weighted by Crippen LogP contribution is -2.39. The smallest absolute Gasteiger partial charge is 0.106 e. The Labute approximate surface area is 125 Å². The minimum absolute atomic E-state index is 0.416. The van der Waals surface area contributed by atoms with Gasteiger partial charge in [-0.05, 0) is 45.1 Å². The molecule has 104 valence electrons. The molecular weight excluding hydrogens is 278 g/mol. The van der Waals surface area contributed by atoms with Crippen molar-refractivity contribution in [1.82, 2.24) is 4.90 Å². The molecule has 1 aliphatic heterocycles. The molecule has 1 aliphatic rings. The normalized spacial score (nSPS) is 21.2. The van der Waals surface area contributed by atoms with Crippen LogP contribution < -0.4 is 10.6 Å². The van der Waals surface area contributed by atoms with Crippen LogP contribution in [-0.4, -0.2) is 42.6 Å². The Morgan fingerprint density at radius 3 is 2.84 bits per heavy atom. The molecule has 1 saturated heterocycles. The molecule has 0 amide bonds. The van der Waals surface area contributed by atoms with E-state index in [4.69, 9.17) is 29.6 Å². The van der Waals surface area contributed by atoms with Crippen LogP contribution in [0.2, 0.25) is 5.02 Å². The van der Waals surface area contributed by atoms with Crippen molar-refractivity contribution >= 4 is 34.5 Å². The van der Waals surface area contributed by atoms with E-state index in [1.807, 2.05) is 18.2 Å². The molecule has 5 heteroatoms. The molecule has 0 bridgehead atoms. The summed E-state index contributed by atoms with van der Waals surface area (Å²) in [7, 11) is 2.16. The van der Waals surface area contributed by atoms with Crippen LogP contribution in [0.4, 0.5) is 5.69 Å². The molecule has 1 heterocycles. The summed E-state index contributed by atoms with van der Waals surface area (Å²) in [4.78, 5) is 5.15. The Balaban J connectivity index is 2.38. The number of thiocarbonyl (C=S) groups is 1. The number of nitrogens with zero attached hydrogens (tertiary/aromatic N) is 2. The number of likely N-dealkylation sites (N-methyl/N-ethyl adjacent to an activating group) is 1. The molecule has 1 unspecified atom stereocenters. The second-order valence-electron chi connectivity index (χ2n) is 5.18. The van der Waals surface area contributed by atoms with Crippen molar-refractivity contribution < 1.29 is 0 Å². The number of benzene rings is 1. The molecule has 0 radical (unpaired) electrons. The van der Waals surface area contributed by atoms with Crippen molar-refractivity contribution in [2.24, 2.45) is 5.73 Å². The summed E-state index contributed by atoms with van der Waals surface area (Å²) in [6.07, 6.45) is 1.13. The predicted molar refractivity (Wildman–Crippen MR) is 86.3 cm³/mol. The third-order valence-corrected chi connectivity index (χ3v) is 4.04. The van der Waals surface area contributed by atoms with E-state index in [9.17, 15) is 0 Å². The summed E-state index contributed by atoms with van der Waals surface area (Å²) in [6.45, 7) is 5.38. The highest BCUT2D eigenvalue weighted by Gasteiger charge is 2.22. The summed E-state index contributed by atoms with van der Waals surface area (Å²) in [5.41, 5.74) is 7.81. The third kappa shape index (κ3) is 3.38. The Hall–Kier alpha value is -0.840. The molecule has 1 aromatic carbocycles. The number of nitrogens with two attached hydrogens (primary N) is 1. The summed E-state index contributed by atoms with van der Waals surface area (Å²) in [5, 5.41) is 0.722. The Morgan fingerprint density at radius 2 is 2.16 bits per heavy atom. The zero-order valence-corrected chi connectivity index (χ0v) is 13.0. The van der Waals surface area contributed by atoms with Gasteiger partial charge in [0.1, 0.15) is 4.99 Å².